The standard InChI is InChI=1S/C45H79NO3/c1-3-5-7-9-11-13-15-17-18-19-20-21-22-23-24-25-26-27-28-29-31-33-35-37-39-41-45(49)46-43(42-47)44(48)40-38-36-34-32-30-16-14-12-10-8-6-4-2/h5,7,11,13,17-18,20-21,30,32,38,40,43-44,47-48H,3-4,6,8-10,12,14-16,19,22-29,31,33-37,39,41-42H2,1-2H3,(H,46,49)/b7-5-,13-11-,18-17-,21-20-,32-30+,40-38+. The van der Waals surface area contributed by atoms with E-state index in [-0.39, 0.29) is 12.5 Å². The topological polar surface area (TPSA) is 69.6 Å². The molecule has 4 heteroatoms. The van der Waals surface area contributed by atoms with Gasteiger partial charge in [-0.05, 0) is 70.6 Å². The second kappa shape index (κ2) is 40.3. The van der Waals surface area contributed by atoms with E-state index in [4.69, 9.17) is 0 Å². The van der Waals surface area contributed by atoms with Crippen LogP contribution in [0.25, 0.3) is 0 Å². The summed E-state index contributed by atoms with van der Waals surface area (Å²) >= 11 is 0. The van der Waals surface area contributed by atoms with Gasteiger partial charge in [-0.15, -0.1) is 0 Å². The van der Waals surface area contributed by atoms with E-state index in [0.717, 1.165) is 57.8 Å². The van der Waals surface area contributed by atoms with Crippen LogP contribution in [-0.4, -0.2) is 34.9 Å². The minimum absolute atomic E-state index is 0.0809. The van der Waals surface area contributed by atoms with E-state index in [0.29, 0.717) is 6.42 Å². The first-order valence-electron chi connectivity index (χ1n) is 20.7. The highest BCUT2D eigenvalue weighted by molar-refractivity contribution is 5.76. The molecule has 0 aliphatic heterocycles. The van der Waals surface area contributed by atoms with Crippen molar-refractivity contribution in [3.8, 4) is 0 Å². The molecule has 2 atom stereocenters. The van der Waals surface area contributed by atoms with Crippen LogP contribution in [-0.2, 0) is 4.79 Å². The van der Waals surface area contributed by atoms with Gasteiger partial charge < -0.3 is 15.5 Å². The summed E-state index contributed by atoms with van der Waals surface area (Å²) in [6.45, 7) is 4.15. The predicted molar refractivity (Wildman–Crippen MR) is 216 cm³/mol. The molecule has 0 fully saturated rings. The molecule has 3 N–H and O–H groups in total. The van der Waals surface area contributed by atoms with Gasteiger partial charge in [0, 0.05) is 6.42 Å². The summed E-state index contributed by atoms with van der Waals surface area (Å²) in [5.41, 5.74) is 0. The molecule has 0 rings (SSSR count). The molecule has 0 aromatic carbocycles. The molecule has 282 valence electrons. The SMILES string of the molecule is CC/C=C\C/C=C\C/C=C\C/C=C\CCCCCCCCCCCCCCC(=O)NC(CO)C(O)/C=C/CC/C=C/CCCCCCCC. The number of allylic oxidation sites excluding steroid dienone is 11. The van der Waals surface area contributed by atoms with E-state index in [9.17, 15) is 15.0 Å². The van der Waals surface area contributed by atoms with Crippen LogP contribution in [0.15, 0.2) is 72.9 Å². The molecule has 0 bridgehead atoms. The largest absolute Gasteiger partial charge is 0.394 e. The van der Waals surface area contributed by atoms with Gasteiger partial charge in [0.05, 0.1) is 18.8 Å². The quantitative estimate of drug-likeness (QED) is 0.0455. The van der Waals surface area contributed by atoms with Crippen molar-refractivity contribution < 1.29 is 15.0 Å². The molecule has 0 aliphatic rings. The number of hydrogen-bond acceptors (Lipinski definition) is 3. The predicted octanol–water partition coefficient (Wildman–Crippen LogP) is 12.7. The van der Waals surface area contributed by atoms with Crippen LogP contribution < -0.4 is 5.32 Å². The molecule has 0 heterocycles. The summed E-state index contributed by atoms with van der Waals surface area (Å²) in [6, 6.07) is -0.641. The van der Waals surface area contributed by atoms with Crippen molar-refractivity contribution in [1.29, 1.82) is 0 Å². The van der Waals surface area contributed by atoms with Gasteiger partial charge >= 0.3 is 0 Å². The highest BCUT2D eigenvalue weighted by atomic mass is 16.3. The zero-order valence-electron chi connectivity index (χ0n) is 32.2. The fourth-order valence-corrected chi connectivity index (χ4v) is 5.77. The summed E-state index contributed by atoms with van der Waals surface area (Å²) in [5, 5.41) is 22.9. The molecule has 4 nitrogen and oxygen atoms in total. The zero-order chi connectivity index (χ0) is 35.7. The normalized spacial score (nSPS) is 13.8. The Bertz CT molecular complexity index is 868. The smallest absolute Gasteiger partial charge is 0.220 e. The fraction of sp³-hybridized carbons (Fsp3) is 0.711. The third-order valence-electron chi connectivity index (χ3n) is 8.92. The molecule has 0 aliphatic carbocycles. The van der Waals surface area contributed by atoms with Crippen LogP contribution >= 0.6 is 0 Å². The lowest BCUT2D eigenvalue weighted by atomic mass is 10.0. The number of aliphatic hydroxyl groups is 2. The van der Waals surface area contributed by atoms with Crippen LogP contribution in [0.2, 0.25) is 0 Å². The van der Waals surface area contributed by atoms with Gasteiger partial charge in [0.1, 0.15) is 0 Å². The van der Waals surface area contributed by atoms with Crippen molar-refractivity contribution >= 4 is 5.91 Å². The Morgan fingerprint density at radius 1 is 0.510 bits per heavy atom. The second-order valence-corrected chi connectivity index (χ2v) is 13.7. The Hall–Kier alpha value is -2.17. The lowest BCUT2D eigenvalue weighted by molar-refractivity contribution is -0.123. The minimum atomic E-state index is -0.864. The average Bonchev–Trinajstić information content (AvgIpc) is 3.10. The van der Waals surface area contributed by atoms with Crippen molar-refractivity contribution in [1.82, 2.24) is 5.32 Å². The van der Waals surface area contributed by atoms with E-state index in [1.54, 1.807) is 6.08 Å². The molecule has 1 amide bonds. The van der Waals surface area contributed by atoms with Gasteiger partial charge in [0.25, 0.3) is 0 Å². The molecule has 0 radical (unpaired) electrons. The average molecular weight is 682 g/mol. The first kappa shape index (κ1) is 46.8. The maximum absolute atomic E-state index is 12.3. The van der Waals surface area contributed by atoms with Gasteiger partial charge in [0.2, 0.25) is 5.91 Å². The summed E-state index contributed by atoms with van der Waals surface area (Å²) in [7, 11) is 0. The second-order valence-electron chi connectivity index (χ2n) is 13.7. The van der Waals surface area contributed by atoms with Crippen molar-refractivity contribution in [3.05, 3.63) is 72.9 Å². The van der Waals surface area contributed by atoms with E-state index in [1.165, 1.54) is 109 Å². The highest BCUT2D eigenvalue weighted by Crippen LogP contribution is 2.14. The van der Waals surface area contributed by atoms with E-state index in [2.05, 4.69) is 79.9 Å². The molecule has 0 saturated heterocycles. The Labute approximate surface area is 304 Å². The Kier molecular flexibility index (Phi) is 38.5. The summed E-state index contributed by atoms with van der Waals surface area (Å²) in [4.78, 5) is 12.3. The molecule has 0 aromatic heterocycles. The number of carbonyl (C=O) groups excluding carboxylic acids is 1. The summed E-state index contributed by atoms with van der Waals surface area (Å²) in [6.07, 6.45) is 57.2. The van der Waals surface area contributed by atoms with Gasteiger partial charge in [0.15, 0.2) is 0 Å². The number of rotatable bonds is 36. The maximum atomic E-state index is 12.3. The third-order valence-corrected chi connectivity index (χ3v) is 8.92. The van der Waals surface area contributed by atoms with Gasteiger partial charge in [-0.3, -0.25) is 4.79 Å². The summed E-state index contributed by atoms with van der Waals surface area (Å²) in [5.74, 6) is -0.0809. The molecule has 0 aromatic rings. The number of carbonyl (C=O) groups is 1. The van der Waals surface area contributed by atoms with E-state index < -0.39 is 12.1 Å². The fourth-order valence-electron chi connectivity index (χ4n) is 5.77. The Morgan fingerprint density at radius 3 is 1.43 bits per heavy atom. The first-order chi connectivity index (χ1) is 24.2. The molecule has 0 saturated carbocycles. The number of aliphatic hydroxyl groups excluding tert-OH is 2. The number of amides is 1. The van der Waals surface area contributed by atoms with Crippen molar-refractivity contribution in [2.45, 2.75) is 199 Å². The Balaban J connectivity index is 3.60. The van der Waals surface area contributed by atoms with Crippen molar-refractivity contribution in [2.75, 3.05) is 6.61 Å². The van der Waals surface area contributed by atoms with Crippen LogP contribution in [0, 0.1) is 0 Å². The van der Waals surface area contributed by atoms with Gasteiger partial charge in [-0.25, -0.2) is 0 Å². The monoisotopic (exact) mass is 682 g/mol. The lowest BCUT2D eigenvalue weighted by Crippen LogP contribution is -2.45. The third kappa shape index (κ3) is 36.9. The molecule has 2 unspecified atom stereocenters. The lowest BCUT2D eigenvalue weighted by Gasteiger charge is -2.19. The highest BCUT2D eigenvalue weighted by Gasteiger charge is 2.17. The molecule has 49 heavy (non-hydrogen) atoms. The van der Waals surface area contributed by atoms with Gasteiger partial charge in [-0.1, -0.05) is 183 Å². The van der Waals surface area contributed by atoms with Crippen LogP contribution in [0.3, 0.4) is 0 Å². The number of unbranched alkanes of at least 4 members (excludes halogenated alkanes) is 19. The van der Waals surface area contributed by atoms with Crippen molar-refractivity contribution in [2.24, 2.45) is 0 Å². The molecular formula is C45H79NO3. The van der Waals surface area contributed by atoms with Crippen molar-refractivity contribution in [3.63, 3.8) is 0 Å². The van der Waals surface area contributed by atoms with Crippen LogP contribution in [0.5, 0.6) is 0 Å². The molecular weight excluding hydrogens is 602 g/mol. The van der Waals surface area contributed by atoms with Gasteiger partial charge in [-0.2, -0.15) is 0 Å². The van der Waals surface area contributed by atoms with Crippen LogP contribution in [0.4, 0.5) is 0 Å². The Morgan fingerprint density at radius 2 is 0.918 bits per heavy atom. The summed E-state index contributed by atoms with van der Waals surface area (Å²) < 4.78 is 0. The number of hydrogen-bond donors (Lipinski definition) is 3. The zero-order valence-corrected chi connectivity index (χ0v) is 32.2. The van der Waals surface area contributed by atoms with Crippen LogP contribution in [0.1, 0.15) is 187 Å². The minimum Gasteiger partial charge on any atom is -0.394 e. The van der Waals surface area contributed by atoms with E-state index in [1.807, 2.05) is 6.08 Å². The number of nitrogens with one attached hydrogen (secondary N) is 1. The maximum Gasteiger partial charge on any atom is 0.220 e. The molecule has 0 spiro atoms. The first-order valence-corrected chi connectivity index (χ1v) is 20.7. The van der Waals surface area contributed by atoms with E-state index >= 15 is 0 Å².